The molecule has 5 aromatic rings. The summed E-state index contributed by atoms with van der Waals surface area (Å²) in [4.78, 5) is 29.9. The first-order chi connectivity index (χ1) is 22.1. The van der Waals surface area contributed by atoms with Crippen molar-refractivity contribution in [3.63, 3.8) is 0 Å². The number of thiazole rings is 2. The van der Waals surface area contributed by atoms with Crippen LogP contribution in [0.15, 0.2) is 73.6 Å². The normalized spacial score (nSPS) is 11.0. The number of nitriles is 1. The van der Waals surface area contributed by atoms with Crippen LogP contribution in [0.4, 0.5) is 13.2 Å². The number of aromatic hydroxyl groups is 1. The van der Waals surface area contributed by atoms with Gasteiger partial charge in [-0.25, -0.2) is 9.97 Å². The van der Waals surface area contributed by atoms with Gasteiger partial charge >= 0.3 is 21.6 Å². The number of pyridine rings is 3. The van der Waals surface area contributed by atoms with Crippen molar-refractivity contribution in [2.24, 2.45) is 0 Å². The van der Waals surface area contributed by atoms with Gasteiger partial charge < -0.3 is 14.4 Å². The molecule has 0 aromatic carbocycles. The molecule has 5 heterocycles. The van der Waals surface area contributed by atoms with Gasteiger partial charge in [-0.1, -0.05) is 7.43 Å². The Morgan fingerprint density at radius 2 is 1.29 bits per heavy atom. The molecule has 0 fully saturated rings. The third-order valence-electron chi connectivity index (χ3n) is 5.02. The Balaban J connectivity index is 0.000000353. The molecule has 0 saturated heterocycles. The molecule has 0 aliphatic rings. The molecule has 5 rings (SSSR count). The van der Waals surface area contributed by atoms with E-state index in [1.807, 2.05) is 25.1 Å². The second kappa shape index (κ2) is 19.2. The van der Waals surface area contributed by atoms with E-state index in [0.717, 1.165) is 26.8 Å². The van der Waals surface area contributed by atoms with E-state index in [9.17, 15) is 31.5 Å². The van der Waals surface area contributed by atoms with Gasteiger partial charge in [0, 0.05) is 48.3 Å². The van der Waals surface area contributed by atoms with E-state index >= 15 is 0 Å². The van der Waals surface area contributed by atoms with Crippen molar-refractivity contribution in [1.29, 1.82) is 5.26 Å². The number of aryl methyl sites for hydroxylation is 2. The van der Waals surface area contributed by atoms with Crippen LogP contribution in [-0.2, 0) is 14.9 Å². The summed E-state index contributed by atoms with van der Waals surface area (Å²) in [6, 6.07) is 12.3. The topological polar surface area (TPSA) is 189 Å². The lowest BCUT2D eigenvalue weighted by Crippen LogP contribution is -2.28. The molecule has 12 nitrogen and oxygen atoms in total. The first kappa shape index (κ1) is 41.4. The first-order valence-electron chi connectivity index (χ1n) is 12.7. The minimum absolute atomic E-state index is 0. The summed E-state index contributed by atoms with van der Waals surface area (Å²) in [5, 5.41) is 26.1. The highest BCUT2D eigenvalue weighted by Crippen LogP contribution is 2.34. The fourth-order valence-electron chi connectivity index (χ4n) is 2.66. The number of thiol groups is 1. The Morgan fingerprint density at radius 3 is 1.62 bits per heavy atom. The van der Waals surface area contributed by atoms with Crippen LogP contribution < -0.4 is 4.18 Å². The van der Waals surface area contributed by atoms with Gasteiger partial charge in [-0.3, -0.25) is 19.7 Å². The summed E-state index contributed by atoms with van der Waals surface area (Å²) >= 11 is 6.10. The number of alkyl halides is 3. The fourth-order valence-corrected chi connectivity index (χ4v) is 4.84. The van der Waals surface area contributed by atoms with Gasteiger partial charge in [-0.05, 0) is 57.2 Å². The highest BCUT2D eigenvalue weighted by atomic mass is 32.2. The van der Waals surface area contributed by atoms with Gasteiger partial charge in [0.2, 0.25) is 11.8 Å². The number of hydrogen-bond donors (Lipinski definition) is 3. The van der Waals surface area contributed by atoms with Crippen LogP contribution in [0.5, 0.6) is 11.8 Å². The molecule has 19 heteroatoms. The number of halogens is 3. The van der Waals surface area contributed by atoms with E-state index in [-0.39, 0.29) is 18.2 Å². The van der Waals surface area contributed by atoms with Gasteiger partial charge in [0.05, 0.1) is 26.6 Å². The van der Waals surface area contributed by atoms with Crippen molar-refractivity contribution in [2.75, 3.05) is 0 Å². The Hall–Kier alpha value is -4.64. The largest absolute Gasteiger partial charge is 0.534 e. The van der Waals surface area contributed by atoms with Gasteiger partial charge in [-0.15, -0.1) is 22.7 Å². The lowest BCUT2D eigenvalue weighted by Gasteiger charge is -2.07. The summed E-state index contributed by atoms with van der Waals surface area (Å²) < 4.78 is 62.6. The van der Waals surface area contributed by atoms with E-state index in [0.29, 0.717) is 16.1 Å². The summed E-state index contributed by atoms with van der Waals surface area (Å²) in [5.74, 6) is -1.32. The van der Waals surface area contributed by atoms with Gasteiger partial charge in [0.15, 0.2) is 0 Å². The molecular formula is C29H29F3N6O6S4. The van der Waals surface area contributed by atoms with E-state index < -0.39 is 32.7 Å². The van der Waals surface area contributed by atoms with Gasteiger partial charge in [0.25, 0.3) is 0 Å². The minimum Gasteiger partial charge on any atom is -0.492 e. The minimum atomic E-state index is -5.71. The van der Waals surface area contributed by atoms with Crippen LogP contribution in [0.1, 0.15) is 29.7 Å². The van der Waals surface area contributed by atoms with Crippen molar-refractivity contribution < 1.29 is 40.8 Å². The summed E-state index contributed by atoms with van der Waals surface area (Å²) in [5.41, 5.74) is -3.24. The second-order valence-corrected chi connectivity index (χ2v) is 13.3. The highest BCUT2D eigenvalue weighted by Gasteiger charge is 2.49. The molecule has 0 spiro atoms. The van der Waals surface area contributed by atoms with Crippen molar-refractivity contribution in [3.8, 4) is 39.0 Å². The van der Waals surface area contributed by atoms with Crippen molar-refractivity contribution >= 4 is 51.4 Å². The summed E-state index contributed by atoms with van der Waals surface area (Å²) in [7, 11) is -5.71. The number of rotatable bonds is 5. The average Bonchev–Trinajstić information content (AvgIpc) is 3.58. The van der Waals surface area contributed by atoms with Crippen LogP contribution in [0.2, 0.25) is 0 Å². The number of nitrogens with zero attached hydrogens (tertiary/aromatic N) is 6. The van der Waals surface area contributed by atoms with Gasteiger partial charge in [0.1, 0.15) is 10.0 Å². The molecule has 256 valence electrons. The SMILES string of the molecule is C.CC(S)C(=O)O.Cc1sc(-c2ccncc2)nc1O.Cc1sc(-c2ccncc2)nc1OS(=O)(=O)C(F)(F)F.N#Cc1ccncc1. The zero-order chi connectivity index (χ0) is 35.2. The summed E-state index contributed by atoms with van der Waals surface area (Å²) in [6.45, 7) is 4.77. The number of aromatic nitrogens is 5. The van der Waals surface area contributed by atoms with Gasteiger partial charge in [-0.2, -0.15) is 39.5 Å². The first-order valence-corrected chi connectivity index (χ1v) is 16.3. The third-order valence-corrected chi connectivity index (χ3v) is 8.19. The predicted molar refractivity (Wildman–Crippen MR) is 179 cm³/mol. The zero-order valence-electron chi connectivity index (χ0n) is 24.5. The Morgan fingerprint density at radius 1 is 0.896 bits per heavy atom. The lowest BCUT2D eigenvalue weighted by molar-refractivity contribution is -0.136. The number of hydrogen-bond acceptors (Lipinski definition) is 14. The molecule has 0 saturated carbocycles. The van der Waals surface area contributed by atoms with Crippen LogP contribution in [-0.4, -0.2) is 60.3 Å². The molecule has 1 atom stereocenters. The fraction of sp³-hybridized carbons (Fsp3) is 0.207. The van der Waals surface area contributed by atoms with Crippen molar-refractivity contribution in [2.45, 2.75) is 39.0 Å². The Kier molecular flexibility index (Phi) is 16.6. The van der Waals surface area contributed by atoms with E-state index in [1.54, 1.807) is 49.1 Å². The zero-order valence-corrected chi connectivity index (χ0v) is 27.9. The maximum absolute atomic E-state index is 12.2. The summed E-state index contributed by atoms with van der Waals surface area (Å²) in [6.07, 6.45) is 9.58. The van der Waals surface area contributed by atoms with Crippen LogP contribution in [0, 0.1) is 25.2 Å². The Bertz CT molecular complexity index is 1850. The third kappa shape index (κ3) is 13.2. The monoisotopic (exact) mass is 742 g/mol. The predicted octanol–water partition coefficient (Wildman–Crippen LogP) is 6.94. The van der Waals surface area contributed by atoms with Crippen LogP contribution in [0.3, 0.4) is 0 Å². The molecule has 2 N–H and O–H groups in total. The molecule has 48 heavy (non-hydrogen) atoms. The maximum Gasteiger partial charge on any atom is 0.534 e. The molecule has 0 aliphatic heterocycles. The molecule has 0 bridgehead atoms. The lowest BCUT2D eigenvalue weighted by atomic mass is 10.3. The smallest absolute Gasteiger partial charge is 0.492 e. The molecule has 0 radical (unpaired) electrons. The average molecular weight is 743 g/mol. The van der Waals surface area contributed by atoms with E-state index in [4.69, 9.17) is 10.4 Å². The standard InChI is InChI=1S/C10H7F3N2O3S2.C9H8N2OS.C6H4N2.C3H6O2S.CH4/c1-6-8(18-20(16,17)10(11,12)13)15-9(19-6)7-2-4-14-5-3-7;1-6-8(12)11-9(13-6)7-2-4-10-5-3-7;7-5-6-1-3-8-4-2-6;1-2(6)3(4)5;/h2-5H,1H3;2-5,12H,1H3;1-4H;2,6H,1H3,(H,4,5);1H4. The van der Waals surface area contributed by atoms with Crippen molar-refractivity contribution in [3.05, 3.63) is 88.9 Å². The number of carboxylic acid groups (broad SMARTS) is 1. The number of carboxylic acids is 1. The van der Waals surface area contributed by atoms with Crippen molar-refractivity contribution in [1.82, 2.24) is 24.9 Å². The Labute approximate surface area is 288 Å². The van der Waals surface area contributed by atoms with Crippen LogP contribution in [0.25, 0.3) is 21.1 Å². The molecule has 0 amide bonds. The molecule has 0 aliphatic carbocycles. The molecule has 5 aromatic heterocycles. The number of carbonyl (C=O) groups is 1. The van der Waals surface area contributed by atoms with Crippen LogP contribution >= 0.6 is 35.3 Å². The molecular weight excluding hydrogens is 714 g/mol. The second-order valence-electron chi connectivity index (χ2n) is 8.60. The number of aliphatic carboxylic acids is 1. The maximum atomic E-state index is 12.2. The molecule has 1 unspecified atom stereocenters. The van der Waals surface area contributed by atoms with E-state index in [2.05, 4.69) is 41.7 Å². The quantitative estimate of drug-likeness (QED) is 0.0957. The highest BCUT2D eigenvalue weighted by molar-refractivity contribution is 7.88. The van der Waals surface area contributed by atoms with E-state index in [1.165, 1.54) is 37.6 Å².